The molecule has 0 radical (unpaired) electrons. The second-order valence-corrected chi connectivity index (χ2v) is 8.24. The Hall–Kier alpha value is -3.40. The number of halogens is 7. The number of piperidine rings is 1. The van der Waals surface area contributed by atoms with Crippen LogP contribution in [0.15, 0.2) is 41.3 Å². The fraction of sp³-hybridized carbons (Fsp3) is 0.500. The first-order valence-corrected chi connectivity index (χ1v) is 10.9. The number of alkyl halides is 6. The molecule has 4 heterocycles. The Morgan fingerprint density at radius 3 is 2.13 bits per heavy atom. The molecule has 1 spiro atoms. The number of likely N-dealkylation sites (tertiary alicyclic amines) is 1. The van der Waals surface area contributed by atoms with Crippen molar-refractivity contribution >= 4 is 11.9 Å². The molecule has 2 N–H and O–H groups in total. The fourth-order valence-corrected chi connectivity index (χ4v) is 3.60. The highest BCUT2D eigenvalue weighted by Gasteiger charge is 2.44. The molecule has 2 aliphatic heterocycles. The van der Waals surface area contributed by atoms with Gasteiger partial charge in [-0.3, -0.25) is 4.90 Å². The van der Waals surface area contributed by atoms with Gasteiger partial charge in [-0.2, -0.15) is 26.3 Å². The van der Waals surface area contributed by atoms with E-state index in [1.54, 1.807) is 24.8 Å². The van der Waals surface area contributed by atoms with Gasteiger partial charge in [-0.1, -0.05) is 0 Å². The maximum absolute atomic E-state index is 13.7. The number of carboxylic acid groups (broad SMARTS) is 2. The Balaban J connectivity index is 0.000000301. The van der Waals surface area contributed by atoms with Gasteiger partial charge < -0.3 is 24.1 Å². The van der Waals surface area contributed by atoms with E-state index in [1.165, 1.54) is 11.6 Å². The van der Waals surface area contributed by atoms with Crippen molar-refractivity contribution in [2.45, 2.75) is 49.9 Å². The summed E-state index contributed by atoms with van der Waals surface area (Å²) in [6.45, 7) is 3.37. The second kappa shape index (κ2) is 12.9. The number of hydrogen-bond donors (Lipinski definition) is 2. The molecule has 0 aromatic carbocycles. The standard InChI is InChI=1S/C18H21FN2O3.2C2HF3O2/c19-16-2-1-6-20-17(16)24-15-10-18(23-13-15)4-7-21(8-5-18)11-14-3-9-22-12-14;2*3-2(4,5)1(6)7/h1-3,6,9,12,15H,4-5,7-8,10-11,13H2;2*(H,6,7). The van der Waals surface area contributed by atoms with Crippen LogP contribution in [0.25, 0.3) is 0 Å². The van der Waals surface area contributed by atoms with Crippen LogP contribution in [0.2, 0.25) is 0 Å². The van der Waals surface area contributed by atoms with Crippen molar-refractivity contribution in [2.24, 2.45) is 0 Å². The van der Waals surface area contributed by atoms with Crippen LogP contribution >= 0.6 is 0 Å². The minimum Gasteiger partial charge on any atom is -0.475 e. The Morgan fingerprint density at radius 1 is 1.08 bits per heavy atom. The molecular weight excluding hydrogens is 537 g/mol. The lowest BCUT2D eigenvalue weighted by atomic mass is 9.88. The molecular formula is C22H23F7N2O7. The summed E-state index contributed by atoms with van der Waals surface area (Å²) in [5.41, 5.74) is 1.06. The van der Waals surface area contributed by atoms with Gasteiger partial charge in [0.1, 0.15) is 6.10 Å². The van der Waals surface area contributed by atoms with Gasteiger partial charge >= 0.3 is 24.3 Å². The zero-order valence-corrected chi connectivity index (χ0v) is 19.5. The molecule has 0 amide bonds. The summed E-state index contributed by atoms with van der Waals surface area (Å²) in [5.74, 6) is -5.87. The topological polar surface area (TPSA) is 122 Å². The third kappa shape index (κ3) is 9.81. The summed E-state index contributed by atoms with van der Waals surface area (Å²) >= 11 is 0. The number of hydrogen-bond acceptors (Lipinski definition) is 7. The van der Waals surface area contributed by atoms with Crippen molar-refractivity contribution in [3.63, 3.8) is 0 Å². The lowest BCUT2D eigenvalue weighted by Crippen LogP contribution is -2.44. The summed E-state index contributed by atoms with van der Waals surface area (Å²) in [6.07, 6.45) is -2.53. The number of aromatic nitrogens is 1. The maximum atomic E-state index is 13.7. The van der Waals surface area contributed by atoms with Crippen LogP contribution in [0, 0.1) is 5.82 Å². The van der Waals surface area contributed by atoms with E-state index in [-0.39, 0.29) is 17.6 Å². The van der Waals surface area contributed by atoms with E-state index in [1.807, 2.05) is 6.07 Å². The number of aliphatic carboxylic acids is 2. The molecule has 4 rings (SSSR count). The minimum absolute atomic E-state index is 0.0699. The Morgan fingerprint density at radius 2 is 1.66 bits per heavy atom. The van der Waals surface area contributed by atoms with Crippen molar-refractivity contribution in [3.8, 4) is 5.88 Å². The van der Waals surface area contributed by atoms with Crippen LogP contribution in [0.1, 0.15) is 24.8 Å². The molecule has 2 aromatic heterocycles. The number of carboxylic acids is 2. The van der Waals surface area contributed by atoms with Gasteiger partial charge in [0, 0.05) is 37.8 Å². The summed E-state index contributed by atoms with van der Waals surface area (Å²) in [4.78, 5) is 24.2. The third-order valence-electron chi connectivity index (χ3n) is 5.42. The SMILES string of the molecule is Fc1cccnc1OC1COC2(CCN(Cc3ccoc3)CC2)C1.O=C(O)C(F)(F)F.O=C(O)C(F)(F)F. The van der Waals surface area contributed by atoms with Crippen LogP contribution in [0.3, 0.4) is 0 Å². The van der Waals surface area contributed by atoms with E-state index in [0.717, 1.165) is 38.9 Å². The third-order valence-corrected chi connectivity index (χ3v) is 5.42. The lowest BCUT2D eigenvalue weighted by molar-refractivity contribution is -0.193. The molecule has 38 heavy (non-hydrogen) atoms. The average Bonchev–Trinajstić information content (AvgIpc) is 3.47. The molecule has 2 saturated heterocycles. The van der Waals surface area contributed by atoms with Crippen molar-refractivity contribution in [3.05, 3.63) is 48.3 Å². The molecule has 2 fully saturated rings. The first-order chi connectivity index (χ1) is 17.6. The monoisotopic (exact) mass is 560 g/mol. The minimum atomic E-state index is -5.08. The van der Waals surface area contributed by atoms with Crippen molar-refractivity contribution in [2.75, 3.05) is 19.7 Å². The highest BCUT2D eigenvalue weighted by Crippen LogP contribution is 2.37. The Kier molecular flexibility index (Phi) is 10.5. The predicted molar refractivity (Wildman–Crippen MR) is 113 cm³/mol. The molecule has 0 saturated carbocycles. The number of ether oxygens (including phenoxy) is 2. The zero-order valence-electron chi connectivity index (χ0n) is 19.5. The van der Waals surface area contributed by atoms with E-state index in [0.29, 0.717) is 6.61 Å². The zero-order chi connectivity index (χ0) is 28.6. The van der Waals surface area contributed by atoms with E-state index in [4.69, 9.17) is 33.7 Å². The molecule has 0 aliphatic carbocycles. The first kappa shape index (κ1) is 30.8. The second-order valence-electron chi connectivity index (χ2n) is 8.24. The first-order valence-electron chi connectivity index (χ1n) is 10.9. The van der Waals surface area contributed by atoms with Crippen LogP contribution in [-0.4, -0.2) is 75.8 Å². The molecule has 1 atom stereocenters. The van der Waals surface area contributed by atoms with Gasteiger partial charge in [0.05, 0.1) is 24.7 Å². The van der Waals surface area contributed by atoms with Gasteiger partial charge in [0.2, 0.25) is 0 Å². The normalized spacial score (nSPS) is 19.1. The highest BCUT2D eigenvalue weighted by atomic mass is 19.4. The summed E-state index contributed by atoms with van der Waals surface area (Å²) in [6, 6.07) is 4.93. The van der Waals surface area contributed by atoms with Gasteiger partial charge in [0.15, 0.2) is 5.82 Å². The van der Waals surface area contributed by atoms with E-state index < -0.39 is 30.1 Å². The van der Waals surface area contributed by atoms with Crippen molar-refractivity contribution in [1.29, 1.82) is 0 Å². The molecule has 2 aliphatic rings. The van der Waals surface area contributed by atoms with Crippen molar-refractivity contribution < 1.29 is 64.4 Å². The summed E-state index contributed by atoms with van der Waals surface area (Å²) in [5, 5.41) is 14.2. The number of furan rings is 1. The maximum Gasteiger partial charge on any atom is 0.490 e. The van der Waals surface area contributed by atoms with Crippen LogP contribution in [0.5, 0.6) is 5.88 Å². The van der Waals surface area contributed by atoms with Crippen LogP contribution in [-0.2, 0) is 20.9 Å². The van der Waals surface area contributed by atoms with E-state index in [2.05, 4.69) is 9.88 Å². The van der Waals surface area contributed by atoms with Crippen molar-refractivity contribution in [1.82, 2.24) is 9.88 Å². The van der Waals surface area contributed by atoms with Crippen LogP contribution in [0.4, 0.5) is 30.7 Å². The summed E-state index contributed by atoms with van der Waals surface area (Å²) < 4.78 is 94.0. The molecule has 212 valence electrons. The smallest absolute Gasteiger partial charge is 0.475 e. The van der Waals surface area contributed by atoms with Gasteiger partial charge in [0.25, 0.3) is 5.88 Å². The average molecular weight is 560 g/mol. The van der Waals surface area contributed by atoms with Gasteiger partial charge in [-0.15, -0.1) is 0 Å². The lowest BCUT2D eigenvalue weighted by Gasteiger charge is -2.38. The van der Waals surface area contributed by atoms with Gasteiger partial charge in [-0.25, -0.2) is 19.0 Å². The van der Waals surface area contributed by atoms with E-state index in [9.17, 15) is 30.7 Å². The predicted octanol–water partition coefficient (Wildman–Crippen LogP) is 4.28. The highest BCUT2D eigenvalue weighted by molar-refractivity contribution is 5.73. The summed E-state index contributed by atoms with van der Waals surface area (Å²) in [7, 11) is 0. The van der Waals surface area contributed by atoms with Crippen LogP contribution < -0.4 is 4.74 Å². The van der Waals surface area contributed by atoms with E-state index >= 15 is 0 Å². The number of rotatable bonds is 4. The largest absolute Gasteiger partial charge is 0.490 e. The van der Waals surface area contributed by atoms with Gasteiger partial charge in [-0.05, 0) is 31.0 Å². The molecule has 1 unspecified atom stereocenters. The quantitative estimate of drug-likeness (QED) is 0.528. The Labute approximate surface area is 210 Å². The number of pyridine rings is 1. The number of nitrogens with zero attached hydrogens (tertiary/aromatic N) is 2. The Bertz CT molecular complexity index is 1010. The molecule has 0 bridgehead atoms. The molecule has 9 nitrogen and oxygen atoms in total. The molecule has 2 aromatic rings. The molecule has 16 heteroatoms. The number of carbonyl (C=O) groups is 2. The fourth-order valence-electron chi connectivity index (χ4n) is 3.60.